The molecule has 0 fully saturated rings. The van der Waals surface area contributed by atoms with E-state index in [1.165, 1.54) is 83.1 Å². The van der Waals surface area contributed by atoms with Crippen LogP contribution in [0.15, 0.2) is 170 Å². The third kappa shape index (κ3) is 4.24. The van der Waals surface area contributed by atoms with Gasteiger partial charge in [-0.05, 0) is 92.1 Å². The summed E-state index contributed by atoms with van der Waals surface area (Å²) >= 11 is 0. The molecule has 45 heavy (non-hydrogen) atoms. The standard InChI is InChI=1S/C44H29N/c1-2-10-31(11-3-1)32-22-25-35(26-23-32)45-43-17-9-8-16-40(43)42-29-34(24-27-44(42)45)33-20-18-30(19-21-33)28-41-38-14-6-4-12-36(38)37-13-5-7-15-39(37)41/h1-29H. The van der Waals surface area contributed by atoms with E-state index >= 15 is 0 Å². The van der Waals surface area contributed by atoms with E-state index in [-0.39, 0.29) is 0 Å². The van der Waals surface area contributed by atoms with Crippen LogP contribution in [0, 0.1) is 0 Å². The molecule has 8 aromatic rings. The van der Waals surface area contributed by atoms with Crippen LogP contribution in [0.4, 0.5) is 0 Å². The number of fused-ring (bicyclic) bond motifs is 6. The Morgan fingerprint density at radius 1 is 0.356 bits per heavy atom. The Bertz CT molecular complexity index is 2340. The molecule has 210 valence electrons. The van der Waals surface area contributed by atoms with Crippen LogP contribution in [-0.2, 0) is 0 Å². The zero-order chi connectivity index (χ0) is 29.7. The number of aromatic nitrogens is 1. The van der Waals surface area contributed by atoms with Gasteiger partial charge in [0.05, 0.1) is 11.0 Å². The maximum Gasteiger partial charge on any atom is 0.0541 e. The largest absolute Gasteiger partial charge is 0.309 e. The molecular formula is C44H29N. The van der Waals surface area contributed by atoms with Gasteiger partial charge in [0.15, 0.2) is 0 Å². The van der Waals surface area contributed by atoms with E-state index in [2.05, 4.69) is 181 Å². The van der Waals surface area contributed by atoms with Crippen LogP contribution in [0.5, 0.6) is 0 Å². The lowest BCUT2D eigenvalue weighted by atomic mass is 9.98. The van der Waals surface area contributed by atoms with Crippen molar-refractivity contribution in [1.29, 1.82) is 0 Å². The highest BCUT2D eigenvalue weighted by Gasteiger charge is 2.22. The molecule has 0 radical (unpaired) electrons. The molecule has 1 heteroatoms. The highest BCUT2D eigenvalue weighted by molar-refractivity contribution is 6.10. The Balaban J connectivity index is 1.09. The molecule has 1 heterocycles. The highest BCUT2D eigenvalue weighted by Crippen LogP contribution is 2.45. The molecule has 1 aliphatic carbocycles. The van der Waals surface area contributed by atoms with E-state index < -0.39 is 0 Å². The Morgan fingerprint density at radius 3 is 1.58 bits per heavy atom. The molecule has 0 saturated carbocycles. The van der Waals surface area contributed by atoms with Crippen molar-refractivity contribution in [2.24, 2.45) is 0 Å². The van der Waals surface area contributed by atoms with Crippen LogP contribution in [-0.4, -0.2) is 4.57 Å². The third-order valence-electron chi connectivity index (χ3n) is 9.18. The summed E-state index contributed by atoms with van der Waals surface area (Å²) in [6.07, 6.45) is 2.33. The van der Waals surface area contributed by atoms with E-state index in [0.717, 1.165) is 0 Å². The maximum absolute atomic E-state index is 2.38. The first-order chi connectivity index (χ1) is 22.3. The van der Waals surface area contributed by atoms with Gasteiger partial charge in [-0.1, -0.05) is 140 Å². The van der Waals surface area contributed by atoms with Crippen molar-refractivity contribution < 1.29 is 0 Å². The van der Waals surface area contributed by atoms with Crippen molar-refractivity contribution in [2.75, 3.05) is 0 Å². The summed E-state index contributed by atoms with van der Waals surface area (Å²) in [5.41, 5.74) is 16.2. The second-order valence-electron chi connectivity index (χ2n) is 11.8. The first kappa shape index (κ1) is 25.6. The number of para-hydroxylation sites is 1. The van der Waals surface area contributed by atoms with Crippen LogP contribution in [0.2, 0.25) is 0 Å². The first-order valence-electron chi connectivity index (χ1n) is 15.5. The van der Waals surface area contributed by atoms with Gasteiger partial charge in [-0.15, -0.1) is 0 Å². The minimum absolute atomic E-state index is 1.17. The number of hydrogen-bond donors (Lipinski definition) is 0. The lowest BCUT2D eigenvalue weighted by Gasteiger charge is -2.10. The minimum atomic E-state index is 1.17. The van der Waals surface area contributed by atoms with Crippen LogP contribution >= 0.6 is 0 Å². The summed E-state index contributed by atoms with van der Waals surface area (Å²) in [5, 5.41) is 2.53. The molecule has 0 spiro atoms. The lowest BCUT2D eigenvalue weighted by Crippen LogP contribution is -1.93. The molecule has 9 rings (SSSR count). The molecule has 1 aliphatic rings. The molecule has 1 nitrogen and oxygen atoms in total. The van der Waals surface area contributed by atoms with Crippen LogP contribution in [0.1, 0.15) is 16.7 Å². The lowest BCUT2D eigenvalue weighted by molar-refractivity contribution is 1.18. The van der Waals surface area contributed by atoms with Crippen LogP contribution < -0.4 is 0 Å². The van der Waals surface area contributed by atoms with Gasteiger partial charge >= 0.3 is 0 Å². The topological polar surface area (TPSA) is 4.93 Å². The van der Waals surface area contributed by atoms with E-state index in [1.54, 1.807) is 0 Å². The molecule has 0 aliphatic heterocycles. The summed E-state index contributed by atoms with van der Waals surface area (Å²) in [4.78, 5) is 0. The van der Waals surface area contributed by atoms with Crippen molar-refractivity contribution in [2.45, 2.75) is 0 Å². The fraction of sp³-hybridized carbons (Fsp3) is 0. The van der Waals surface area contributed by atoms with Crippen molar-refractivity contribution in [3.05, 3.63) is 187 Å². The molecular weight excluding hydrogens is 542 g/mol. The molecule has 0 amide bonds. The normalized spacial score (nSPS) is 12.0. The van der Waals surface area contributed by atoms with Gasteiger partial charge in [-0.3, -0.25) is 0 Å². The second kappa shape index (κ2) is 10.4. The number of benzene rings is 7. The van der Waals surface area contributed by atoms with E-state index in [1.807, 2.05) is 0 Å². The van der Waals surface area contributed by atoms with Gasteiger partial charge < -0.3 is 4.57 Å². The van der Waals surface area contributed by atoms with Crippen LogP contribution in [0.25, 0.3) is 72.5 Å². The van der Waals surface area contributed by atoms with Gasteiger partial charge in [0.1, 0.15) is 0 Å². The summed E-state index contributed by atoms with van der Waals surface area (Å²) in [5.74, 6) is 0. The predicted molar refractivity (Wildman–Crippen MR) is 191 cm³/mol. The van der Waals surface area contributed by atoms with Crippen molar-refractivity contribution >= 4 is 33.5 Å². The average Bonchev–Trinajstić information content (AvgIpc) is 3.61. The smallest absolute Gasteiger partial charge is 0.0541 e. The number of nitrogens with zero attached hydrogens (tertiary/aromatic N) is 1. The third-order valence-corrected chi connectivity index (χ3v) is 9.18. The molecule has 0 saturated heterocycles. The van der Waals surface area contributed by atoms with Gasteiger partial charge in [-0.25, -0.2) is 0 Å². The van der Waals surface area contributed by atoms with E-state index in [9.17, 15) is 0 Å². The zero-order valence-electron chi connectivity index (χ0n) is 24.7. The predicted octanol–water partition coefficient (Wildman–Crippen LogP) is 11.7. The van der Waals surface area contributed by atoms with E-state index in [4.69, 9.17) is 0 Å². The van der Waals surface area contributed by atoms with Crippen molar-refractivity contribution in [3.63, 3.8) is 0 Å². The Morgan fingerprint density at radius 2 is 0.867 bits per heavy atom. The van der Waals surface area contributed by atoms with E-state index in [0.29, 0.717) is 0 Å². The molecule has 0 unspecified atom stereocenters. The maximum atomic E-state index is 2.38. The Labute approximate surface area is 263 Å². The summed E-state index contributed by atoms with van der Waals surface area (Å²) in [7, 11) is 0. The van der Waals surface area contributed by atoms with Crippen LogP contribution in [0.3, 0.4) is 0 Å². The van der Waals surface area contributed by atoms with Gasteiger partial charge in [0.25, 0.3) is 0 Å². The molecule has 1 aromatic heterocycles. The minimum Gasteiger partial charge on any atom is -0.309 e. The molecule has 0 bridgehead atoms. The Kier molecular flexibility index (Phi) is 5.89. The van der Waals surface area contributed by atoms with Gasteiger partial charge in [0, 0.05) is 16.5 Å². The van der Waals surface area contributed by atoms with Crippen molar-refractivity contribution in [1.82, 2.24) is 4.57 Å². The number of rotatable bonds is 4. The fourth-order valence-electron chi connectivity index (χ4n) is 7.01. The first-order valence-corrected chi connectivity index (χ1v) is 15.5. The quantitative estimate of drug-likeness (QED) is 0.198. The molecule has 0 atom stereocenters. The highest BCUT2D eigenvalue weighted by atomic mass is 15.0. The van der Waals surface area contributed by atoms with Gasteiger partial charge in [0.2, 0.25) is 0 Å². The molecule has 7 aromatic carbocycles. The average molecular weight is 572 g/mol. The summed E-state index contributed by atoms with van der Waals surface area (Å²) in [6, 6.07) is 61.5. The number of hydrogen-bond acceptors (Lipinski definition) is 0. The second-order valence-corrected chi connectivity index (χ2v) is 11.8. The zero-order valence-corrected chi connectivity index (χ0v) is 24.7. The fourth-order valence-corrected chi connectivity index (χ4v) is 7.01. The molecule has 0 N–H and O–H groups in total. The Hall–Kier alpha value is -5.92. The van der Waals surface area contributed by atoms with Gasteiger partial charge in [-0.2, -0.15) is 0 Å². The SMILES string of the molecule is C(=C1c2ccccc2-c2ccccc21)c1ccc(-c2ccc3c(c2)c2ccccc2n3-c2ccc(-c3ccccc3)cc2)cc1. The monoisotopic (exact) mass is 571 g/mol. The summed E-state index contributed by atoms with van der Waals surface area (Å²) < 4.78 is 2.38. The summed E-state index contributed by atoms with van der Waals surface area (Å²) in [6.45, 7) is 0. The van der Waals surface area contributed by atoms with Crippen molar-refractivity contribution in [3.8, 4) is 39.1 Å².